The van der Waals surface area contributed by atoms with Crippen LogP contribution < -0.4 is 4.74 Å². The summed E-state index contributed by atoms with van der Waals surface area (Å²) in [5.74, 6) is 1.07. The lowest BCUT2D eigenvalue weighted by atomic mass is 9.98. The van der Waals surface area contributed by atoms with E-state index < -0.39 is 0 Å². The maximum Gasteiger partial charge on any atom is 0.130 e. The number of ether oxygens (including phenoxy) is 1. The van der Waals surface area contributed by atoms with Crippen molar-refractivity contribution in [2.24, 2.45) is 0 Å². The highest BCUT2D eigenvalue weighted by molar-refractivity contribution is 5.73. The summed E-state index contributed by atoms with van der Waals surface area (Å²) < 4.78 is 6.37. The summed E-state index contributed by atoms with van der Waals surface area (Å²) in [6, 6.07) is 23.9. The van der Waals surface area contributed by atoms with E-state index in [2.05, 4.69) is 80.6 Å². The second-order valence-electron chi connectivity index (χ2n) is 6.80. The third kappa shape index (κ3) is 2.94. The number of rotatable bonds is 3. The highest BCUT2D eigenvalue weighted by Crippen LogP contribution is 2.39. The van der Waals surface area contributed by atoms with Crippen LogP contribution in [0.2, 0.25) is 0 Å². The van der Waals surface area contributed by atoms with Gasteiger partial charge < -0.3 is 4.74 Å². The van der Waals surface area contributed by atoms with Crippen molar-refractivity contribution in [1.82, 2.24) is 0 Å². The SMILES string of the molecule is Cc1ccc(CC2Cc3cccc(-c4cccc(C)c4)c3O2)cc1. The fraction of sp³-hybridized carbons (Fsp3) is 0.217. The predicted octanol–water partition coefficient (Wildman–Crippen LogP) is 5.52. The molecule has 0 fully saturated rings. The number of aryl methyl sites for hydroxylation is 2. The molecule has 0 saturated heterocycles. The van der Waals surface area contributed by atoms with Gasteiger partial charge in [0, 0.05) is 18.4 Å². The van der Waals surface area contributed by atoms with Crippen molar-refractivity contribution in [3.63, 3.8) is 0 Å². The van der Waals surface area contributed by atoms with Gasteiger partial charge in [-0.2, -0.15) is 0 Å². The van der Waals surface area contributed by atoms with Crippen LogP contribution in [-0.2, 0) is 12.8 Å². The number of hydrogen-bond donors (Lipinski definition) is 0. The van der Waals surface area contributed by atoms with Gasteiger partial charge in [0.15, 0.2) is 0 Å². The number of fused-ring (bicyclic) bond motifs is 1. The first-order valence-corrected chi connectivity index (χ1v) is 8.60. The van der Waals surface area contributed by atoms with Gasteiger partial charge in [-0.1, -0.05) is 77.9 Å². The second-order valence-corrected chi connectivity index (χ2v) is 6.80. The first-order chi connectivity index (χ1) is 11.7. The third-order valence-electron chi connectivity index (χ3n) is 4.74. The van der Waals surface area contributed by atoms with Gasteiger partial charge in [-0.3, -0.25) is 0 Å². The van der Waals surface area contributed by atoms with Crippen LogP contribution in [0.4, 0.5) is 0 Å². The van der Waals surface area contributed by atoms with E-state index in [1.165, 1.54) is 33.4 Å². The van der Waals surface area contributed by atoms with Gasteiger partial charge in [0.1, 0.15) is 11.9 Å². The van der Waals surface area contributed by atoms with E-state index in [1.54, 1.807) is 0 Å². The van der Waals surface area contributed by atoms with Crippen LogP contribution in [0.3, 0.4) is 0 Å². The highest BCUT2D eigenvalue weighted by atomic mass is 16.5. The molecule has 0 amide bonds. The Labute approximate surface area is 143 Å². The monoisotopic (exact) mass is 314 g/mol. The molecule has 1 unspecified atom stereocenters. The van der Waals surface area contributed by atoms with Gasteiger partial charge in [0.05, 0.1) is 0 Å². The van der Waals surface area contributed by atoms with Crippen LogP contribution >= 0.6 is 0 Å². The zero-order chi connectivity index (χ0) is 16.5. The molecular weight excluding hydrogens is 292 g/mol. The predicted molar refractivity (Wildman–Crippen MR) is 99.6 cm³/mol. The molecule has 1 heterocycles. The minimum absolute atomic E-state index is 0.230. The molecule has 1 heteroatoms. The molecule has 24 heavy (non-hydrogen) atoms. The lowest BCUT2D eigenvalue weighted by Gasteiger charge is -2.13. The Morgan fingerprint density at radius 3 is 2.46 bits per heavy atom. The molecule has 0 N–H and O–H groups in total. The lowest BCUT2D eigenvalue weighted by molar-refractivity contribution is 0.234. The Bertz CT molecular complexity index is 861. The Kier molecular flexibility index (Phi) is 3.86. The molecule has 0 aromatic heterocycles. The number of hydrogen-bond acceptors (Lipinski definition) is 1. The van der Waals surface area contributed by atoms with Crippen LogP contribution in [0.15, 0.2) is 66.7 Å². The largest absolute Gasteiger partial charge is 0.489 e. The van der Waals surface area contributed by atoms with E-state index in [0.717, 1.165) is 18.6 Å². The zero-order valence-corrected chi connectivity index (χ0v) is 14.3. The fourth-order valence-electron chi connectivity index (χ4n) is 3.48. The maximum atomic E-state index is 6.37. The van der Waals surface area contributed by atoms with E-state index >= 15 is 0 Å². The molecule has 1 aliphatic rings. The minimum Gasteiger partial charge on any atom is -0.489 e. The summed E-state index contributed by atoms with van der Waals surface area (Å²) >= 11 is 0. The van der Waals surface area contributed by atoms with E-state index in [0.29, 0.717) is 0 Å². The van der Waals surface area contributed by atoms with Crippen LogP contribution in [0.1, 0.15) is 22.3 Å². The lowest BCUT2D eigenvalue weighted by Crippen LogP contribution is -2.16. The normalized spacial score (nSPS) is 15.8. The van der Waals surface area contributed by atoms with Gasteiger partial charge in [-0.15, -0.1) is 0 Å². The molecule has 1 nitrogen and oxygen atoms in total. The summed E-state index contributed by atoms with van der Waals surface area (Å²) in [4.78, 5) is 0. The molecule has 1 aliphatic heterocycles. The average molecular weight is 314 g/mol. The maximum absolute atomic E-state index is 6.37. The van der Waals surface area contributed by atoms with Crippen molar-refractivity contribution in [3.8, 4) is 16.9 Å². The molecule has 0 spiro atoms. The van der Waals surface area contributed by atoms with Gasteiger partial charge >= 0.3 is 0 Å². The first-order valence-electron chi connectivity index (χ1n) is 8.60. The third-order valence-corrected chi connectivity index (χ3v) is 4.74. The molecule has 3 aromatic rings. The highest BCUT2D eigenvalue weighted by Gasteiger charge is 2.25. The van der Waals surface area contributed by atoms with Crippen LogP contribution in [-0.4, -0.2) is 6.10 Å². The van der Waals surface area contributed by atoms with Crippen LogP contribution in [0, 0.1) is 13.8 Å². The Hall–Kier alpha value is -2.54. The molecule has 3 aromatic carbocycles. The molecule has 1 atom stereocenters. The summed E-state index contributed by atoms with van der Waals surface area (Å²) in [5.41, 5.74) is 7.70. The van der Waals surface area contributed by atoms with Gasteiger partial charge in [-0.05, 0) is 30.5 Å². The Morgan fingerprint density at radius 2 is 1.67 bits per heavy atom. The summed E-state index contributed by atoms with van der Waals surface area (Å²) in [6.45, 7) is 4.26. The van der Waals surface area contributed by atoms with Crippen molar-refractivity contribution in [3.05, 3.63) is 89.0 Å². The van der Waals surface area contributed by atoms with Crippen molar-refractivity contribution in [1.29, 1.82) is 0 Å². The average Bonchev–Trinajstić information content (AvgIpc) is 2.99. The summed E-state index contributed by atoms with van der Waals surface area (Å²) in [7, 11) is 0. The van der Waals surface area contributed by atoms with Crippen LogP contribution in [0.25, 0.3) is 11.1 Å². The summed E-state index contributed by atoms with van der Waals surface area (Å²) in [5, 5.41) is 0. The standard InChI is InChI=1S/C23H22O/c1-16-9-11-18(12-10-16)14-21-15-20-7-4-8-22(23(20)24-21)19-6-3-5-17(2)13-19/h3-13,21H,14-15H2,1-2H3. The van der Waals surface area contributed by atoms with E-state index in [4.69, 9.17) is 4.74 Å². The molecule has 0 radical (unpaired) electrons. The smallest absolute Gasteiger partial charge is 0.130 e. The number of para-hydroxylation sites is 1. The van der Waals surface area contributed by atoms with Crippen LogP contribution in [0.5, 0.6) is 5.75 Å². The van der Waals surface area contributed by atoms with Crippen molar-refractivity contribution in [2.75, 3.05) is 0 Å². The van der Waals surface area contributed by atoms with Gasteiger partial charge in [0.2, 0.25) is 0 Å². The van der Waals surface area contributed by atoms with Crippen molar-refractivity contribution >= 4 is 0 Å². The van der Waals surface area contributed by atoms with Gasteiger partial charge in [-0.25, -0.2) is 0 Å². The second kappa shape index (κ2) is 6.16. The first kappa shape index (κ1) is 15.0. The zero-order valence-electron chi connectivity index (χ0n) is 14.3. The molecule has 0 aliphatic carbocycles. The molecule has 0 saturated carbocycles. The molecule has 4 rings (SSSR count). The minimum atomic E-state index is 0.230. The topological polar surface area (TPSA) is 9.23 Å². The molecular formula is C23H22O. The Balaban J connectivity index is 1.60. The summed E-state index contributed by atoms with van der Waals surface area (Å²) in [6.07, 6.45) is 2.18. The van der Waals surface area contributed by atoms with E-state index in [9.17, 15) is 0 Å². The molecule has 120 valence electrons. The van der Waals surface area contributed by atoms with E-state index in [1.807, 2.05) is 0 Å². The van der Waals surface area contributed by atoms with Crippen molar-refractivity contribution in [2.45, 2.75) is 32.8 Å². The molecule has 0 bridgehead atoms. The van der Waals surface area contributed by atoms with E-state index in [-0.39, 0.29) is 6.10 Å². The Morgan fingerprint density at radius 1 is 0.875 bits per heavy atom. The quantitative estimate of drug-likeness (QED) is 0.619. The van der Waals surface area contributed by atoms with Gasteiger partial charge in [0.25, 0.3) is 0 Å². The fourth-order valence-corrected chi connectivity index (χ4v) is 3.48. The van der Waals surface area contributed by atoms with Crippen molar-refractivity contribution < 1.29 is 4.74 Å². The number of benzene rings is 3.